The number of unbranched alkanes of at least 4 members (excludes halogenated alkanes) is 27. The van der Waals surface area contributed by atoms with E-state index in [2.05, 4.69) is 106 Å². The Kier molecular flexibility index (Phi) is 54.3. The number of carbonyl (C=O) groups is 3. The monoisotopic (exact) mass is 961 g/mol. The highest BCUT2D eigenvalue weighted by molar-refractivity contribution is 5.71. The van der Waals surface area contributed by atoms with Gasteiger partial charge < -0.3 is 14.2 Å². The third-order valence-electron chi connectivity index (χ3n) is 12.3. The van der Waals surface area contributed by atoms with Crippen molar-refractivity contribution in [3.63, 3.8) is 0 Å². The summed E-state index contributed by atoms with van der Waals surface area (Å²) in [6.45, 7) is 6.54. The molecule has 0 bridgehead atoms. The first-order valence-corrected chi connectivity index (χ1v) is 29.1. The number of ether oxygens (including phenoxy) is 3. The van der Waals surface area contributed by atoms with E-state index in [4.69, 9.17) is 14.2 Å². The minimum absolute atomic E-state index is 0.0909. The number of carbonyl (C=O) groups excluding carboxylic acids is 3. The van der Waals surface area contributed by atoms with E-state index in [1.54, 1.807) is 0 Å². The lowest BCUT2D eigenvalue weighted by molar-refractivity contribution is -0.167. The standard InChI is InChI=1S/C63H108O6/c1-4-7-10-13-16-19-22-24-26-28-30-31-33-34-36-38-41-44-47-50-53-56-62(65)68-59-60(58-67-61(64)55-52-49-46-43-40-21-18-15-12-9-6-3)69-63(66)57-54-51-48-45-42-39-37-35-32-29-27-25-23-20-17-14-11-8-5-2/h15,17-18,20,22,24-25,27-28,30,32-35,60H,4-14,16,19,21,23,26,29,31,36-59H2,1-3H3/b18-15-,20-17-,24-22-,27-25-,30-28-,34-33-,35-32-. The zero-order chi connectivity index (χ0) is 50.0. The van der Waals surface area contributed by atoms with Gasteiger partial charge in [-0.25, -0.2) is 0 Å². The summed E-state index contributed by atoms with van der Waals surface area (Å²) < 4.78 is 16.8. The van der Waals surface area contributed by atoms with Gasteiger partial charge >= 0.3 is 17.9 Å². The summed E-state index contributed by atoms with van der Waals surface area (Å²) in [7, 11) is 0. The number of allylic oxidation sites excluding steroid dienone is 14. The second-order valence-corrected chi connectivity index (χ2v) is 19.2. The SMILES string of the molecule is CCCC/C=C\CCCCCCCC(=O)OCC(COC(=O)CCCCCCCC/C=C\C/C=C\C/C=C\CCCCCCC)OC(=O)CCCCCCCC/C=C\C/C=C\C/C=C\CCCCC. The molecule has 0 saturated heterocycles. The molecule has 0 aromatic carbocycles. The van der Waals surface area contributed by atoms with Gasteiger partial charge in [0.1, 0.15) is 13.2 Å². The van der Waals surface area contributed by atoms with Crippen LogP contribution in [0, 0.1) is 0 Å². The van der Waals surface area contributed by atoms with Crippen LogP contribution in [-0.4, -0.2) is 37.2 Å². The zero-order valence-corrected chi connectivity index (χ0v) is 45.3. The number of esters is 3. The van der Waals surface area contributed by atoms with Gasteiger partial charge in [0.25, 0.3) is 0 Å². The molecule has 6 nitrogen and oxygen atoms in total. The fourth-order valence-corrected chi connectivity index (χ4v) is 7.91. The predicted octanol–water partition coefficient (Wildman–Crippen LogP) is 19.5. The van der Waals surface area contributed by atoms with Crippen LogP contribution in [0.25, 0.3) is 0 Å². The Morgan fingerprint density at radius 3 is 0.899 bits per heavy atom. The van der Waals surface area contributed by atoms with Crippen LogP contribution in [0.2, 0.25) is 0 Å². The maximum Gasteiger partial charge on any atom is 0.306 e. The van der Waals surface area contributed by atoms with E-state index in [0.717, 1.165) is 109 Å². The van der Waals surface area contributed by atoms with Gasteiger partial charge in [0.2, 0.25) is 0 Å². The summed E-state index contributed by atoms with van der Waals surface area (Å²) in [5, 5.41) is 0. The van der Waals surface area contributed by atoms with Crippen molar-refractivity contribution in [2.45, 2.75) is 284 Å². The van der Waals surface area contributed by atoms with Crippen molar-refractivity contribution in [3.8, 4) is 0 Å². The molecular formula is C63H108O6. The molecule has 0 spiro atoms. The summed E-state index contributed by atoms with van der Waals surface area (Å²) in [5.41, 5.74) is 0. The molecule has 0 saturated carbocycles. The quantitative estimate of drug-likeness (QED) is 0.0262. The summed E-state index contributed by atoms with van der Waals surface area (Å²) in [6.07, 6.45) is 74.3. The first-order valence-electron chi connectivity index (χ1n) is 29.1. The van der Waals surface area contributed by atoms with E-state index in [1.807, 2.05) is 0 Å². The molecule has 0 heterocycles. The van der Waals surface area contributed by atoms with Crippen LogP contribution in [-0.2, 0) is 28.6 Å². The fraction of sp³-hybridized carbons (Fsp3) is 0.730. The van der Waals surface area contributed by atoms with Gasteiger partial charge in [-0.2, -0.15) is 0 Å². The molecule has 0 aliphatic heterocycles. The fourth-order valence-electron chi connectivity index (χ4n) is 7.91. The lowest BCUT2D eigenvalue weighted by atomic mass is 10.1. The molecule has 0 aromatic heterocycles. The van der Waals surface area contributed by atoms with Crippen molar-refractivity contribution >= 4 is 17.9 Å². The second-order valence-electron chi connectivity index (χ2n) is 19.2. The molecular weight excluding hydrogens is 853 g/mol. The van der Waals surface area contributed by atoms with Gasteiger partial charge in [0.05, 0.1) is 0 Å². The van der Waals surface area contributed by atoms with E-state index in [0.29, 0.717) is 19.3 Å². The van der Waals surface area contributed by atoms with Crippen molar-refractivity contribution < 1.29 is 28.6 Å². The van der Waals surface area contributed by atoms with Gasteiger partial charge in [-0.3, -0.25) is 14.4 Å². The van der Waals surface area contributed by atoms with Crippen LogP contribution in [0.15, 0.2) is 85.1 Å². The second kappa shape index (κ2) is 57.2. The predicted molar refractivity (Wildman–Crippen MR) is 297 cm³/mol. The van der Waals surface area contributed by atoms with Crippen LogP contribution in [0.5, 0.6) is 0 Å². The molecule has 0 aromatic rings. The average molecular weight is 962 g/mol. The summed E-state index contributed by atoms with van der Waals surface area (Å²) in [6, 6.07) is 0. The van der Waals surface area contributed by atoms with Crippen molar-refractivity contribution in [1.29, 1.82) is 0 Å². The zero-order valence-electron chi connectivity index (χ0n) is 45.3. The minimum Gasteiger partial charge on any atom is -0.462 e. The van der Waals surface area contributed by atoms with Crippen molar-refractivity contribution in [2.24, 2.45) is 0 Å². The molecule has 0 N–H and O–H groups in total. The van der Waals surface area contributed by atoms with Crippen LogP contribution in [0.3, 0.4) is 0 Å². The Balaban J connectivity index is 4.39. The smallest absolute Gasteiger partial charge is 0.306 e. The molecule has 396 valence electrons. The largest absolute Gasteiger partial charge is 0.462 e. The average Bonchev–Trinajstić information content (AvgIpc) is 3.35. The van der Waals surface area contributed by atoms with E-state index >= 15 is 0 Å². The Morgan fingerprint density at radius 2 is 0.536 bits per heavy atom. The van der Waals surface area contributed by atoms with Crippen LogP contribution >= 0.6 is 0 Å². The first kappa shape index (κ1) is 65.6. The summed E-state index contributed by atoms with van der Waals surface area (Å²) in [4.78, 5) is 38.1. The molecule has 0 aliphatic rings. The van der Waals surface area contributed by atoms with Crippen LogP contribution in [0.1, 0.15) is 278 Å². The highest BCUT2D eigenvalue weighted by atomic mass is 16.6. The summed E-state index contributed by atoms with van der Waals surface area (Å²) in [5.74, 6) is -0.921. The minimum atomic E-state index is -0.793. The first-order chi connectivity index (χ1) is 34.0. The van der Waals surface area contributed by atoms with E-state index in [-0.39, 0.29) is 31.1 Å². The van der Waals surface area contributed by atoms with Crippen molar-refractivity contribution in [3.05, 3.63) is 85.1 Å². The van der Waals surface area contributed by atoms with Gasteiger partial charge in [0.15, 0.2) is 6.10 Å². The third-order valence-corrected chi connectivity index (χ3v) is 12.3. The van der Waals surface area contributed by atoms with Crippen LogP contribution in [0.4, 0.5) is 0 Å². The lowest BCUT2D eigenvalue weighted by Crippen LogP contribution is -2.30. The molecule has 0 rings (SSSR count). The van der Waals surface area contributed by atoms with E-state index in [9.17, 15) is 14.4 Å². The Morgan fingerprint density at radius 1 is 0.290 bits per heavy atom. The van der Waals surface area contributed by atoms with Gasteiger partial charge in [-0.05, 0) is 116 Å². The van der Waals surface area contributed by atoms with E-state index in [1.165, 1.54) is 128 Å². The number of hydrogen-bond acceptors (Lipinski definition) is 6. The van der Waals surface area contributed by atoms with Gasteiger partial charge in [-0.15, -0.1) is 0 Å². The Bertz CT molecular complexity index is 1330. The maximum absolute atomic E-state index is 12.9. The summed E-state index contributed by atoms with van der Waals surface area (Å²) >= 11 is 0. The normalized spacial score (nSPS) is 12.7. The van der Waals surface area contributed by atoms with Gasteiger partial charge in [0, 0.05) is 19.3 Å². The Labute approximate surface area is 426 Å². The molecule has 1 atom stereocenters. The molecule has 0 fully saturated rings. The van der Waals surface area contributed by atoms with E-state index < -0.39 is 6.10 Å². The molecule has 6 heteroatoms. The van der Waals surface area contributed by atoms with Gasteiger partial charge in [-0.1, -0.05) is 228 Å². The third kappa shape index (κ3) is 55.4. The Hall–Kier alpha value is -3.41. The van der Waals surface area contributed by atoms with Crippen molar-refractivity contribution in [1.82, 2.24) is 0 Å². The molecule has 0 radical (unpaired) electrons. The highest BCUT2D eigenvalue weighted by Crippen LogP contribution is 2.14. The van der Waals surface area contributed by atoms with Crippen LogP contribution < -0.4 is 0 Å². The topological polar surface area (TPSA) is 78.9 Å². The lowest BCUT2D eigenvalue weighted by Gasteiger charge is -2.18. The molecule has 1 unspecified atom stereocenters. The molecule has 0 aliphatic carbocycles. The highest BCUT2D eigenvalue weighted by Gasteiger charge is 2.19. The number of hydrogen-bond donors (Lipinski definition) is 0. The molecule has 69 heavy (non-hydrogen) atoms. The number of rotatable bonds is 52. The van der Waals surface area contributed by atoms with Crippen molar-refractivity contribution in [2.75, 3.05) is 13.2 Å². The molecule has 0 amide bonds. The maximum atomic E-state index is 12.9.